The average Bonchev–Trinajstić information content (AvgIpc) is 3.45. The lowest BCUT2D eigenvalue weighted by Gasteiger charge is -2.32. The van der Waals surface area contributed by atoms with Crippen molar-refractivity contribution >= 4 is 36.4 Å². The Kier molecular flexibility index (Phi) is 9.77. The topological polar surface area (TPSA) is 35.6 Å². The van der Waals surface area contributed by atoms with Gasteiger partial charge in [0.05, 0.1) is 0 Å². The number of anilines is 1. The summed E-state index contributed by atoms with van der Waals surface area (Å²) in [7, 11) is 2.10. The van der Waals surface area contributed by atoms with Gasteiger partial charge >= 0.3 is 0 Å². The molecule has 1 aromatic carbocycles. The Hall–Kier alpha value is -0.970. The Morgan fingerprint density at radius 2 is 1.73 bits per heavy atom. The first-order valence-corrected chi connectivity index (χ1v) is 9.51. The van der Waals surface area contributed by atoms with Crippen LogP contribution < -0.4 is 10.2 Å². The summed E-state index contributed by atoms with van der Waals surface area (Å²) < 4.78 is 0. The smallest absolute Gasteiger partial charge is 0.253 e. The number of carbonyl (C=O) groups excluding carboxylic acids is 1. The summed E-state index contributed by atoms with van der Waals surface area (Å²) in [6.07, 6.45) is 6.08. The van der Waals surface area contributed by atoms with Crippen LogP contribution in [0.2, 0.25) is 0 Å². The fraction of sp³-hybridized carbons (Fsp3) is 0.650. The molecule has 0 radical (unpaired) electrons. The van der Waals surface area contributed by atoms with Crippen molar-refractivity contribution in [1.29, 1.82) is 0 Å². The highest BCUT2D eigenvalue weighted by Gasteiger charge is 2.26. The first-order valence-electron chi connectivity index (χ1n) is 9.51. The lowest BCUT2D eigenvalue weighted by molar-refractivity contribution is 0.0705. The molecular formula is C20H33Cl2N3O. The monoisotopic (exact) mass is 401 g/mol. The van der Waals surface area contributed by atoms with E-state index in [1.165, 1.54) is 25.1 Å². The predicted octanol–water partition coefficient (Wildman–Crippen LogP) is 3.98. The molecule has 3 rings (SSSR count). The van der Waals surface area contributed by atoms with E-state index in [0.29, 0.717) is 6.04 Å². The number of amides is 1. The summed E-state index contributed by atoms with van der Waals surface area (Å²) in [5.74, 6) is 1.11. The molecule has 6 heteroatoms. The fourth-order valence-electron chi connectivity index (χ4n) is 3.45. The minimum atomic E-state index is 0. The van der Waals surface area contributed by atoms with Crippen LogP contribution in [0.1, 0.15) is 49.4 Å². The molecule has 1 amide bonds. The second kappa shape index (κ2) is 11.0. The molecule has 26 heavy (non-hydrogen) atoms. The lowest BCUT2D eigenvalue weighted by atomic mass is 10.0. The third-order valence-electron chi connectivity index (χ3n) is 5.29. The molecule has 1 N–H and O–H groups in total. The number of nitrogens with zero attached hydrogens (tertiary/aromatic N) is 2. The molecule has 4 nitrogen and oxygen atoms in total. The molecule has 1 aromatic rings. The van der Waals surface area contributed by atoms with Crippen LogP contribution in [0, 0.1) is 5.92 Å². The van der Waals surface area contributed by atoms with E-state index in [0.717, 1.165) is 50.4 Å². The van der Waals surface area contributed by atoms with Gasteiger partial charge < -0.3 is 15.1 Å². The number of carbonyl (C=O) groups is 1. The van der Waals surface area contributed by atoms with Crippen LogP contribution in [0.3, 0.4) is 0 Å². The molecule has 1 aliphatic heterocycles. The van der Waals surface area contributed by atoms with Gasteiger partial charge in [0.25, 0.3) is 5.91 Å². The molecule has 2 fully saturated rings. The quantitative estimate of drug-likeness (QED) is 0.750. The number of benzene rings is 1. The number of hydrogen-bond acceptors (Lipinski definition) is 3. The van der Waals surface area contributed by atoms with Crippen molar-refractivity contribution in [3.63, 3.8) is 0 Å². The van der Waals surface area contributed by atoms with Gasteiger partial charge in [0.1, 0.15) is 0 Å². The zero-order valence-electron chi connectivity index (χ0n) is 15.9. The van der Waals surface area contributed by atoms with Gasteiger partial charge in [-0.3, -0.25) is 4.79 Å². The number of likely N-dealkylation sites (tertiary alicyclic amines) is 1. The molecule has 1 saturated carbocycles. The van der Waals surface area contributed by atoms with Gasteiger partial charge in [0.15, 0.2) is 0 Å². The molecule has 0 unspecified atom stereocenters. The Labute approximate surface area is 170 Å². The van der Waals surface area contributed by atoms with Crippen LogP contribution in [-0.4, -0.2) is 50.1 Å². The summed E-state index contributed by atoms with van der Waals surface area (Å²) in [5.41, 5.74) is 1.99. The van der Waals surface area contributed by atoms with E-state index in [1.54, 1.807) is 0 Å². The SMILES string of the molecule is CCCN(C)c1ccc(C(=O)N2CCC(NCC3CC3)CC2)cc1.Cl.Cl. The van der Waals surface area contributed by atoms with Crippen LogP contribution in [0.25, 0.3) is 0 Å². The molecule has 2 aliphatic rings. The molecule has 1 saturated heterocycles. The van der Waals surface area contributed by atoms with Crippen LogP contribution in [0.15, 0.2) is 24.3 Å². The zero-order chi connectivity index (χ0) is 16.9. The Morgan fingerprint density at radius 1 is 1.12 bits per heavy atom. The molecule has 0 aromatic heterocycles. The van der Waals surface area contributed by atoms with Crippen LogP contribution >= 0.6 is 24.8 Å². The van der Waals surface area contributed by atoms with E-state index in [4.69, 9.17) is 0 Å². The maximum absolute atomic E-state index is 12.7. The maximum Gasteiger partial charge on any atom is 0.253 e. The molecule has 148 valence electrons. The summed E-state index contributed by atoms with van der Waals surface area (Å²) in [4.78, 5) is 16.9. The number of rotatable bonds is 7. The zero-order valence-corrected chi connectivity index (χ0v) is 17.6. The normalized spacial score (nSPS) is 17.2. The highest BCUT2D eigenvalue weighted by molar-refractivity contribution is 5.94. The van der Waals surface area contributed by atoms with Gasteiger partial charge in [-0.15, -0.1) is 24.8 Å². The first kappa shape index (κ1) is 23.1. The summed E-state index contributed by atoms with van der Waals surface area (Å²) in [6.45, 7) is 6.13. The van der Waals surface area contributed by atoms with Gasteiger partial charge in [0, 0.05) is 44.0 Å². The maximum atomic E-state index is 12.7. The molecule has 1 heterocycles. The third kappa shape index (κ3) is 6.33. The Morgan fingerprint density at radius 3 is 2.27 bits per heavy atom. The van der Waals surface area contributed by atoms with Crippen LogP contribution in [-0.2, 0) is 0 Å². The van der Waals surface area contributed by atoms with Crippen molar-refractivity contribution in [2.75, 3.05) is 38.1 Å². The number of hydrogen-bond donors (Lipinski definition) is 1. The van der Waals surface area contributed by atoms with Crippen molar-refractivity contribution in [1.82, 2.24) is 10.2 Å². The number of halogens is 2. The summed E-state index contributed by atoms with van der Waals surface area (Å²) in [6, 6.07) is 8.67. The molecule has 0 spiro atoms. The highest BCUT2D eigenvalue weighted by atomic mass is 35.5. The Balaban J connectivity index is 0.00000169. The van der Waals surface area contributed by atoms with Gasteiger partial charge in [-0.25, -0.2) is 0 Å². The lowest BCUT2D eigenvalue weighted by Crippen LogP contribution is -2.45. The van der Waals surface area contributed by atoms with Crippen molar-refractivity contribution in [2.24, 2.45) is 5.92 Å². The molecule has 1 aliphatic carbocycles. The average molecular weight is 402 g/mol. The van der Waals surface area contributed by atoms with E-state index in [1.807, 2.05) is 17.0 Å². The van der Waals surface area contributed by atoms with Crippen molar-refractivity contribution in [3.05, 3.63) is 29.8 Å². The largest absolute Gasteiger partial charge is 0.375 e. The van der Waals surface area contributed by atoms with E-state index in [-0.39, 0.29) is 30.7 Å². The first-order chi connectivity index (χ1) is 11.7. The predicted molar refractivity (Wildman–Crippen MR) is 114 cm³/mol. The minimum Gasteiger partial charge on any atom is -0.375 e. The van der Waals surface area contributed by atoms with E-state index in [2.05, 4.69) is 36.3 Å². The van der Waals surface area contributed by atoms with Gasteiger partial charge in [-0.2, -0.15) is 0 Å². The highest BCUT2D eigenvalue weighted by Crippen LogP contribution is 2.28. The van der Waals surface area contributed by atoms with Crippen LogP contribution in [0.4, 0.5) is 5.69 Å². The van der Waals surface area contributed by atoms with Gasteiger partial charge in [-0.05, 0) is 68.8 Å². The summed E-state index contributed by atoms with van der Waals surface area (Å²) >= 11 is 0. The molecular weight excluding hydrogens is 369 g/mol. The number of piperidine rings is 1. The van der Waals surface area contributed by atoms with Gasteiger partial charge in [0.2, 0.25) is 0 Å². The molecule has 0 bridgehead atoms. The van der Waals surface area contributed by atoms with Gasteiger partial charge in [-0.1, -0.05) is 6.92 Å². The Bertz CT molecular complexity index is 540. The van der Waals surface area contributed by atoms with E-state index < -0.39 is 0 Å². The standard InChI is InChI=1S/C20H31N3O.2ClH/c1-3-12-22(2)19-8-6-17(7-9-19)20(24)23-13-10-18(11-14-23)21-15-16-4-5-16;;/h6-9,16,18,21H,3-5,10-15H2,1-2H3;2*1H. The third-order valence-corrected chi connectivity index (χ3v) is 5.29. The second-order valence-electron chi connectivity index (χ2n) is 7.39. The van der Waals surface area contributed by atoms with E-state index >= 15 is 0 Å². The van der Waals surface area contributed by atoms with E-state index in [9.17, 15) is 4.79 Å². The fourth-order valence-corrected chi connectivity index (χ4v) is 3.45. The minimum absolute atomic E-state index is 0. The van der Waals surface area contributed by atoms with Crippen molar-refractivity contribution < 1.29 is 4.79 Å². The van der Waals surface area contributed by atoms with Crippen molar-refractivity contribution in [2.45, 2.75) is 45.1 Å². The number of nitrogens with one attached hydrogen (secondary N) is 1. The van der Waals surface area contributed by atoms with Crippen LogP contribution in [0.5, 0.6) is 0 Å². The summed E-state index contributed by atoms with van der Waals surface area (Å²) in [5, 5.41) is 3.67. The second-order valence-corrected chi connectivity index (χ2v) is 7.39. The molecule has 0 atom stereocenters. The van der Waals surface area contributed by atoms with Crippen molar-refractivity contribution in [3.8, 4) is 0 Å².